The predicted molar refractivity (Wildman–Crippen MR) is 149 cm³/mol. The summed E-state index contributed by atoms with van der Waals surface area (Å²) in [6.07, 6.45) is 0.218. The third-order valence-corrected chi connectivity index (χ3v) is 7.13. The van der Waals surface area contributed by atoms with Crippen LogP contribution in [0.5, 0.6) is 0 Å². The van der Waals surface area contributed by atoms with Gasteiger partial charge in [-0.1, -0.05) is 30.3 Å². The van der Waals surface area contributed by atoms with Crippen molar-refractivity contribution in [1.82, 2.24) is 15.1 Å². The Morgan fingerprint density at radius 3 is 2.05 bits per heavy atom. The zero-order chi connectivity index (χ0) is 27.2. The molecule has 0 aromatic heterocycles. The topological polar surface area (TPSA) is 85.0 Å². The van der Waals surface area contributed by atoms with Gasteiger partial charge in [0.1, 0.15) is 5.82 Å². The lowest BCUT2D eigenvalue weighted by molar-refractivity contribution is -0.115. The van der Waals surface area contributed by atoms with Crippen LogP contribution in [0.25, 0.3) is 0 Å². The molecule has 2 aliphatic rings. The second-order valence-corrected chi connectivity index (χ2v) is 9.77. The number of amides is 3. The highest BCUT2D eigenvalue weighted by atomic mass is 19.1. The van der Waals surface area contributed by atoms with Gasteiger partial charge in [0.15, 0.2) is 0 Å². The summed E-state index contributed by atoms with van der Waals surface area (Å²) in [5.74, 6) is -0.740. The molecule has 5 rings (SSSR count). The molecule has 2 heterocycles. The molecule has 3 aromatic carbocycles. The minimum atomic E-state index is -0.378. The molecule has 3 amide bonds. The maximum Gasteiger partial charge on any atom is 0.254 e. The van der Waals surface area contributed by atoms with E-state index in [9.17, 15) is 18.8 Å². The predicted octanol–water partition coefficient (Wildman–Crippen LogP) is 3.01. The largest absolute Gasteiger partial charge is 0.366 e. The summed E-state index contributed by atoms with van der Waals surface area (Å²) in [5, 5.41) is 6.30. The molecule has 39 heavy (non-hydrogen) atoms. The molecule has 0 unspecified atom stereocenters. The van der Waals surface area contributed by atoms with Gasteiger partial charge in [-0.15, -0.1) is 0 Å². The van der Waals surface area contributed by atoms with Crippen LogP contribution in [0.4, 0.5) is 15.8 Å². The average Bonchev–Trinajstić information content (AvgIpc) is 2.98. The first-order chi connectivity index (χ1) is 19.0. The molecule has 2 fully saturated rings. The minimum Gasteiger partial charge on any atom is -0.366 e. The zero-order valence-corrected chi connectivity index (χ0v) is 21.7. The number of anilines is 2. The number of carbonyl (C=O) groups is 3. The highest BCUT2D eigenvalue weighted by Gasteiger charge is 2.25. The summed E-state index contributed by atoms with van der Waals surface area (Å²) < 4.78 is 13.3. The van der Waals surface area contributed by atoms with Gasteiger partial charge in [0, 0.05) is 63.5 Å². The Hall–Kier alpha value is -4.24. The Labute approximate surface area is 227 Å². The highest BCUT2D eigenvalue weighted by Crippen LogP contribution is 2.29. The Bertz CT molecular complexity index is 1320. The van der Waals surface area contributed by atoms with E-state index in [0.29, 0.717) is 56.1 Å². The van der Waals surface area contributed by atoms with Crippen LogP contribution in [0.15, 0.2) is 72.8 Å². The zero-order valence-electron chi connectivity index (χ0n) is 21.7. The van der Waals surface area contributed by atoms with Gasteiger partial charge in [-0.3, -0.25) is 14.4 Å². The number of carbonyl (C=O) groups excluding carboxylic acids is 3. The molecule has 0 spiro atoms. The van der Waals surface area contributed by atoms with Gasteiger partial charge in [-0.05, 0) is 48.0 Å². The van der Waals surface area contributed by atoms with Crippen molar-refractivity contribution < 1.29 is 18.8 Å². The first-order valence-corrected chi connectivity index (χ1v) is 13.3. The summed E-state index contributed by atoms with van der Waals surface area (Å²) in [5.41, 5.74) is 3.27. The fraction of sp³-hybridized carbons (Fsp3) is 0.300. The van der Waals surface area contributed by atoms with E-state index in [2.05, 4.69) is 15.5 Å². The number of hydrogen-bond acceptors (Lipinski definition) is 5. The molecule has 0 aliphatic carbocycles. The first-order valence-electron chi connectivity index (χ1n) is 13.3. The van der Waals surface area contributed by atoms with Crippen LogP contribution in [0.3, 0.4) is 0 Å². The van der Waals surface area contributed by atoms with Crippen LogP contribution in [-0.2, 0) is 11.2 Å². The molecular weight excluding hydrogens is 497 g/mol. The molecule has 2 N–H and O–H groups in total. The third-order valence-electron chi connectivity index (χ3n) is 7.13. The average molecular weight is 530 g/mol. The van der Waals surface area contributed by atoms with Crippen molar-refractivity contribution in [3.05, 3.63) is 95.3 Å². The van der Waals surface area contributed by atoms with Gasteiger partial charge in [0.25, 0.3) is 11.8 Å². The Morgan fingerprint density at radius 2 is 1.36 bits per heavy atom. The van der Waals surface area contributed by atoms with E-state index < -0.39 is 0 Å². The Kier molecular flexibility index (Phi) is 8.17. The number of nitrogens with zero attached hydrogens (tertiary/aromatic N) is 3. The van der Waals surface area contributed by atoms with Gasteiger partial charge in [-0.2, -0.15) is 0 Å². The molecule has 2 aliphatic heterocycles. The number of halogens is 1. The quantitative estimate of drug-likeness (QED) is 0.513. The molecule has 0 saturated carbocycles. The second kappa shape index (κ2) is 12.1. The summed E-state index contributed by atoms with van der Waals surface area (Å²) in [4.78, 5) is 44.8. The van der Waals surface area contributed by atoms with Crippen LogP contribution in [0.1, 0.15) is 26.3 Å². The van der Waals surface area contributed by atoms with Crippen LogP contribution in [-0.4, -0.2) is 79.9 Å². The summed E-state index contributed by atoms with van der Waals surface area (Å²) in [6.45, 7) is 4.86. The summed E-state index contributed by atoms with van der Waals surface area (Å²) >= 11 is 0. The fourth-order valence-electron chi connectivity index (χ4n) is 5.00. The van der Waals surface area contributed by atoms with Crippen molar-refractivity contribution in [3.63, 3.8) is 0 Å². The lowest BCUT2D eigenvalue weighted by Crippen LogP contribution is -2.49. The van der Waals surface area contributed by atoms with Crippen molar-refractivity contribution >= 4 is 29.1 Å². The van der Waals surface area contributed by atoms with Crippen LogP contribution in [0.2, 0.25) is 0 Å². The number of benzene rings is 3. The molecule has 0 bridgehead atoms. The van der Waals surface area contributed by atoms with Crippen LogP contribution >= 0.6 is 0 Å². The third kappa shape index (κ3) is 6.43. The summed E-state index contributed by atoms with van der Waals surface area (Å²) in [6, 6.07) is 20.5. The van der Waals surface area contributed by atoms with E-state index in [-0.39, 0.29) is 30.0 Å². The number of rotatable bonds is 6. The monoisotopic (exact) mass is 529 g/mol. The van der Waals surface area contributed by atoms with E-state index in [1.165, 1.54) is 24.3 Å². The van der Waals surface area contributed by atoms with Crippen molar-refractivity contribution in [2.24, 2.45) is 0 Å². The maximum atomic E-state index is 13.3. The van der Waals surface area contributed by atoms with Crippen molar-refractivity contribution in [2.75, 3.05) is 62.6 Å². The maximum absolute atomic E-state index is 13.3. The number of nitrogens with one attached hydrogen (secondary N) is 2. The van der Waals surface area contributed by atoms with Gasteiger partial charge in [0.2, 0.25) is 5.91 Å². The molecule has 8 nitrogen and oxygen atoms in total. The van der Waals surface area contributed by atoms with Crippen LogP contribution in [0, 0.1) is 5.82 Å². The molecule has 9 heteroatoms. The number of piperazine rings is 2. The van der Waals surface area contributed by atoms with Crippen molar-refractivity contribution in [1.29, 1.82) is 0 Å². The summed E-state index contributed by atoms with van der Waals surface area (Å²) in [7, 11) is 0. The van der Waals surface area contributed by atoms with E-state index >= 15 is 0 Å². The lowest BCUT2D eigenvalue weighted by atomic mass is 10.1. The standard InChI is InChI=1S/C30H32FN5O3/c31-25-9-6-23(7-10-25)29(38)36-18-16-34(17-19-36)27-11-8-24(30(39)35-14-12-32-13-15-35)21-26(27)33-28(37)20-22-4-2-1-3-5-22/h1-11,21,32H,12-20H2,(H,33,37). The first kappa shape index (κ1) is 26.4. The van der Waals surface area contributed by atoms with Gasteiger partial charge in [-0.25, -0.2) is 4.39 Å². The molecule has 3 aromatic rings. The van der Waals surface area contributed by atoms with Crippen LogP contribution < -0.4 is 15.5 Å². The van der Waals surface area contributed by atoms with E-state index in [0.717, 1.165) is 24.3 Å². The normalized spacial score (nSPS) is 15.7. The van der Waals surface area contributed by atoms with E-state index in [1.54, 1.807) is 11.0 Å². The van der Waals surface area contributed by atoms with Crippen molar-refractivity contribution in [2.45, 2.75) is 6.42 Å². The smallest absolute Gasteiger partial charge is 0.254 e. The molecule has 2 saturated heterocycles. The van der Waals surface area contributed by atoms with Crippen molar-refractivity contribution in [3.8, 4) is 0 Å². The Morgan fingerprint density at radius 1 is 0.744 bits per heavy atom. The number of hydrogen-bond donors (Lipinski definition) is 2. The molecule has 0 radical (unpaired) electrons. The fourth-order valence-corrected chi connectivity index (χ4v) is 5.00. The van der Waals surface area contributed by atoms with Gasteiger partial charge >= 0.3 is 0 Å². The van der Waals surface area contributed by atoms with E-state index in [1.807, 2.05) is 47.4 Å². The highest BCUT2D eigenvalue weighted by molar-refractivity contribution is 6.00. The van der Waals surface area contributed by atoms with E-state index in [4.69, 9.17) is 0 Å². The van der Waals surface area contributed by atoms with Gasteiger partial charge < -0.3 is 25.3 Å². The SMILES string of the molecule is O=C(Cc1ccccc1)Nc1cc(C(=O)N2CCNCC2)ccc1N1CCN(C(=O)c2ccc(F)cc2)CC1. The molecule has 0 atom stereocenters. The Balaban J connectivity index is 1.33. The second-order valence-electron chi connectivity index (χ2n) is 9.77. The minimum absolute atomic E-state index is 0.0590. The molecular formula is C30H32FN5O3. The molecule has 202 valence electrons. The van der Waals surface area contributed by atoms with Gasteiger partial charge in [0.05, 0.1) is 17.8 Å². The lowest BCUT2D eigenvalue weighted by Gasteiger charge is -2.37.